The molecular formula is C23H25NO5. The quantitative estimate of drug-likeness (QED) is 0.564. The van der Waals surface area contributed by atoms with E-state index in [2.05, 4.69) is 0 Å². The summed E-state index contributed by atoms with van der Waals surface area (Å²) >= 11 is 0. The zero-order valence-corrected chi connectivity index (χ0v) is 16.5. The first-order chi connectivity index (χ1) is 14.2. The number of aliphatic hydroxyl groups excluding tert-OH is 1. The highest BCUT2D eigenvalue weighted by Gasteiger charge is 2.19. The number of benzene rings is 2. The van der Waals surface area contributed by atoms with Crippen molar-refractivity contribution in [2.75, 3.05) is 14.2 Å². The van der Waals surface area contributed by atoms with Crippen molar-refractivity contribution in [2.24, 2.45) is 0 Å². The van der Waals surface area contributed by atoms with Crippen LogP contribution in [0.25, 0.3) is 0 Å². The van der Waals surface area contributed by atoms with Crippen molar-refractivity contribution >= 4 is 0 Å². The summed E-state index contributed by atoms with van der Waals surface area (Å²) in [6.45, 7) is 0.0251. The van der Waals surface area contributed by atoms with Crippen molar-refractivity contribution < 1.29 is 19.3 Å². The van der Waals surface area contributed by atoms with E-state index in [9.17, 15) is 9.90 Å². The Morgan fingerprint density at radius 1 is 0.931 bits per heavy atom. The SMILES string of the molecule is COC(Cn1cc(OC(c2ccccc2)c2ccccc2)c(=O)cc1CO)OC. The highest BCUT2D eigenvalue weighted by atomic mass is 16.7. The molecule has 0 amide bonds. The van der Waals surface area contributed by atoms with Gasteiger partial charge >= 0.3 is 0 Å². The summed E-state index contributed by atoms with van der Waals surface area (Å²) in [5.74, 6) is 0.186. The molecule has 0 aliphatic carbocycles. The van der Waals surface area contributed by atoms with E-state index in [1.54, 1.807) is 10.8 Å². The molecule has 6 nitrogen and oxygen atoms in total. The van der Waals surface area contributed by atoms with Gasteiger partial charge in [-0.25, -0.2) is 0 Å². The van der Waals surface area contributed by atoms with Crippen LogP contribution in [0.3, 0.4) is 0 Å². The molecule has 1 heterocycles. The number of pyridine rings is 1. The molecule has 1 N–H and O–H groups in total. The number of ether oxygens (including phenoxy) is 3. The van der Waals surface area contributed by atoms with Crippen molar-refractivity contribution in [3.05, 3.63) is 100.0 Å². The van der Waals surface area contributed by atoms with Gasteiger partial charge in [-0.1, -0.05) is 60.7 Å². The van der Waals surface area contributed by atoms with Crippen LogP contribution in [0.1, 0.15) is 22.9 Å². The van der Waals surface area contributed by atoms with Gasteiger partial charge in [0.25, 0.3) is 0 Å². The molecule has 0 unspecified atom stereocenters. The minimum Gasteiger partial charge on any atom is -0.475 e. The van der Waals surface area contributed by atoms with Crippen LogP contribution in [0.2, 0.25) is 0 Å². The third kappa shape index (κ3) is 5.12. The molecule has 0 spiro atoms. The first-order valence-electron chi connectivity index (χ1n) is 9.32. The van der Waals surface area contributed by atoms with Crippen LogP contribution >= 0.6 is 0 Å². The fourth-order valence-electron chi connectivity index (χ4n) is 3.11. The Bertz CT molecular complexity index is 913. The molecule has 3 rings (SSSR count). The minimum atomic E-state index is -0.519. The topological polar surface area (TPSA) is 69.9 Å². The largest absolute Gasteiger partial charge is 0.475 e. The average molecular weight is 395 g/mol. The van der Waals surface area contributed by atoms with Crippen molar-refractivity contribution in [1.29, 1.82) is 0 Å². The molecule has 0 saturated carbocycles. The van der Waals surface area contributed by atoms with Gasteiger partial charge in [0.2, 0.25) is 5.43 Å². The van der Waals surface area contributed by atoms with Crippen LogP contribution in [0.15, 0.2) is 77.7 Å². The summed E-state index contributed by atoms with van der Waals surface area (Å²) in [6, 6.07) is 20.8. The van der Waals surface area contributed by atoms with Gasteiger partial charge in [0.1, 0.15) is 6.10 Å². The summed E-state index contributed by atoms with van der Waals surface area (Å²) in [6.07, 6.45) is 0.631. The molecule has 152 valence electrons. The Morgan fingerprint density at radius 2 is 1.48 bits per heavy atom. The first kappa shape index (κ1) is 20.8. The van der Waals surface area contributed by atoms with E-state index in [0.29, 0.717) is 12.2 Å². The second-order valence-corrected chi connectivity index (χ2v) is 6.52. The van der Waals surface area contributed by atoms with Gasteiger partial charge in [-0.15, -0.1) is 0 Å². The van der Waals surface area contributed by atoms with Gasteiger partial charge in [-0.05, 0) is 11.1 Å². The molecular weight excluding hydrogens is 370 g/mol. The van der Waals surface area contributed by atoms with E-state index in [-0.39, 0.29) is 17.8 Å². The maximum absolute atomic E-state index is 12.7. The third-order valence-electron chi connectivity index (χ3n) is 4.67. The van der Waals surface area contributed by atoms with E-state index < -0.39 is 12.4 Å². The molecule has 2 aromatic carbocycles. The average Bonchev–Trinajstić information content (AvgIpc) is 2.78. The lowest BCUT2D eigenvalue weighted by Gasteiger charge is -2.22. The van der Waals surface area contributed by atoms with E-state index >= 15 is 0 Å². The van der Waals surface area contributed by atoms with Crippen molar-refractivity contribution in [2.45, 2.75) is 25.5 Å². The maximum atomic E-state index is 12.7. The molecule has 0 fully saturated rings. The summed E-state index contributed by atoms with van der Waals surface area (Å²) in [4.78, 5) is 12.7. The fraction of sp³-hybridized carbons (Fsp3) is 0.261. The molecule has 0 radical (unpaired) electrons. The molecule has 0 aliphatic rings. The fourth-order valence-corrected chi connectivity index (χ4v) is 3.11. The van der Waals surface area contributed by atoms with Crippen LogP contribution < -0.4 is 10.2 Å². The molecule has 3 aromatic rings. The number of aliphatic hydroxyl groups is 1. The van der Waals surface area contributed by atoms with Crippen LogP contribution in [0, 0.1) is 0 Å². The zero-order chi connectivity index (χ0) is 20.6. The molecule has 0 aliphatic heterocycles. The van der Waals surface area contributed by atoms with Crippen molar-refractivity contribution in [3.8, 4) is 5.75 Å². The standard InChI is InChI=1S/C23H25NO5/c1-27-22(28-2)15-24-14-21(20(26)13-19(24)16-25)29-23(17-9-5-3-6-10-17)18-11-7-4-8-12-18/h3-14,22-23,25H,15-16H2,1-2H3. The Labute approximate surface area is 169 Å². The Hall–Kier alpha value is -2.93. The van der Waals surface area contributed by atoms with Crippen LogP contribution in [-0.2, 0) is 22.6 Å². The lowest BCUT2D eigenvalue weighted by Crippen LogP contribution is -2.25. The monoisotopic (exact) mass is 395 g/mol. The molecule has 0 bridgehead atoms. The highest BCUT2D eigenvalue weighted by molar-refractivity contribution is 5.33. The van der Waals surface area contributed by atoms with Crippen LogP contribution in [0.4, 0.5) is 0 Å². The summed E-state index contributed by atoms with van der Waals surface area (Å²) < 4.78 is 18.4. The molecule has 0 atom stereocenters. The molecule has 1 aromatic heterocycles. The van der Waals surface area contributed by atoms with Gasteiger partial charge < -0.3 is 23.9 Å². The predicted octanol–water partition coefficient (Wildman–Crippen LogP) is 3.13. The number of rotatable bonds is 9. The van der Waals surface area contributed by atoms with E-state index in [0.717, 1.165) is 11.1 Å². The molecule has 6 heteroatoms. The minimum absolute atomic E-state index is 0.186. The molecule has 0 saturated heterocycles. The van der Waals surface area contributed by atoms with Gasteiger partial charge in [0, 0.05) is 26.0 Å². The highest BCUT2D eigenvalue weighted by Crippen LogP contribution is 2.27. The predicted molar refractivity (Wildman–Crippen MR) is 110 cm³/mol. The number of nitrogens with zero attached hydrogens (tertiary/aromatic N) is 1. The van der Waals surface area contributed by atoms with Crippen LogP contribution in [-0.4, -0.2) is 30.2 Å². The second-order valence-electron chi connectivity index (χ2n) is 6.52. The van der Waals surface area contributed by atoms with Crippen molar-refractivity contribution in [3.63, 3.8) is 0 Å². The Kier molecular flexibility index (Phi) is 7.19. The van der Waals surface area contributed by atoms with Crippen LogP contribution in [0.5, 0.6) is 5.75 Å². The maximum Gasteiger partial charge on any atom is 0.223 e. The number of aromatic nitrogens is 1. The molecule has 29 heavy (non-hydrogen) atoms. The first-order valence-corrected chi connectivity index (χ1v) is 9.32. The van der Waals surface area contributed by atoms with E-state index in [4.69, 9.17) is 14.2 Å². The summed E-state index contributed by atoms with van der Waals surface area (Å²) in [7, 11) is 3.07. The Balaban J connectivity index is 2.00. The summed E-state index contributed by atoms with van der Waals surface area (Å²) in [5, 5.41) is 9.65. The van der Waals surface area contributed by atoms with Gasteiger partial charge in [0.05, 0.1) is 19.3 Å². The van der Waals surface area contributed by atoms with E-state index in [1.165, 1.54) is 20.3 Å². The summed E-state index contributed by atoms with van der Waals surface area (Å²) in [5.41, 5.74) is 2.02. The number of methoxy groups -OCH3 is 2. The van der Waals surface area contributed by atoms with E-state index in [1.807, 2.05) is 60.7 Å². The van der Waals surface area contributed by atoms with Gasteiger partial charge in [-0.2, -0.15) is 0 Å². The normalized spacial score (nSPS) is 11.2. The lowest BCUT2D eigenvalue weighted by molar-refractivity contribution is -0.111. The lowest BCUT2D eigenvalue weighted by atomic mass is 10.0. The Morgan fingerprint density at radius 3 is 1.97 bits per heavy atom. The smallest absolute Gasteiger partial charge is 0.223 e. The third-order valence-corrected chi connectivity index (χ3v) is 4.67. The number of hydrogen-bond donors (Lipinski definition) is 1. The zero-order valence-electron chi connectivity index (χ0n) is 16.5. The van der Waals surface area contributed by atoms with Gasteiger partial charge in [0.15, 0.2) is 12.0 Å². The van der Waals surface area contributed by atoms with Gasteiger partial charge in [-0.3, -0.25) is 4.79 Å². The van der Waals surface area contributed by atoms with Crippen molar-refractivity contribution in [1.82, 2.24) is 4.57 Å². The second kappa shape index (κ2) is 10.0. The number of hydrogen-bond acceptors (Lipinski definition) is 5.